The molecule has 2 aliphatic rings. The molecule has 0 radical (unpaired) electrons. The predicted octanol–water partition coefficient (Wildman–Crippen LogP) is 4.49. The lowest BCUT2D eigenvalue weighted by atomic mass is 9.88. The van der Waals surface area contributed by atoms with Gasteiger partial charge in [-0.25, -0.2) is 0 Å². The second kappa shape index (κ2) is 8.64. The number of hydrogen-bond acceptors (Lipinski definition) is 4. The van der Waals surface area contributed by atoms with E-state index in [0.29, 0.717) is 11.7 Å². The highest BCUT2D eigenvalue weighted by Gasteiger charge is 2.30. The summed E-state index contributed by atoms with van der Waals surface area (Å²) in [5.41, 5.74) is 3.85. The minimum absolute atomic E-state index is 0.0592. The van der Waals surface area contributed by atoms with E-state index in [1.54, 1.807) is 0 Å². The normalized spacial score (nSPS) is 18.1. The van der Waals surface area contributed by atoms with Gasteiger partial charge in [0, 0.05) is 5.92 Å². The lowest BCUT2D eigenvalue weighted by Crippen LogP contribution is -2.32. The molecule has 1 N–H and O–H groups in total. The molecule has 0 aliphatic heterocycles. The van der Waals surface area contributed by atoms with Crippen molar-refractivity contribution >= 4 is 17.7 Å². The van der Waals surface area contributed by atoms with Crippen molar-refractivity contribution in [1.29, 1.82) is 0 Å². The van der Waals surface area contributed by atoms with Crippen molar-refractivity contribution in [2.75, 3.05) is 5.75 Å². The number of hydrogen-bond donors (Lipinski definition) is 1. The lowest BCUT2D eigenvalue weighted by molar-refractivity contribution is -0.119. The number of nitrogens with one attached hydrogen (secondary N) is 1. The van der Waals surface area contributed by atoms with Crippen LogP contribution in [0.2, 0.25) is 0 Å². The van der Waals surface area contributed by atoms with Crippen LogP contribution in [0.3, 0.4) is 0 Å². The van der Waals surface area contributed by atoms with Gasteiger partial charge in [-0.15, -0.1) is 10.2 Å². The van der Waals surface area contributed by atoms with Crippen molar-refractivity contribution in [2.45, 2.75) is 55.8 Å². The summed E-state index contributed by atoms with van der Waals surface area (Å²) in [6, 6.07) is 19.0. The average Bonchev–Trinajstić information content (AvgIpc) is 3.55. The van der Waals surface area contributed by atoms with Gasteiger partial charge in [0.1, 0.15) is 5.82 Å². The number of benzene rings is 2. The second-order valence-electron chi connectivity index (χ2n) is 8.19. The number of amides is 1. The Morgan fingerprint density at radius 3 is 2.67 bits per heavy atom. The molecule has 30 heavy (non-hydrogen) atoms. The number of carbonyl (C=O) groups excluding carboxylic acids is 1. The standard InChI is InChI=1S/C24H26N4OS/c29-22(25-21-12-6-10-18-9-4-5-11-20(18)21)16-30-24-27-26-23(19-13-14-19)28(24)15-17-7-2-1-3-8-17/h1-5,7-9,11,19,21H,6,10,12-16H2,(H,25,29). The molecule has 6 heteroatoms. The summed E-state index contributed by atoms with van der Waals surface area (Å²) >= 11 is 1.49. The fourth-order valence-corrected chi connectivity index (χ4v) is 4.99. The summed E-state index contributed by atoms with van der Waals surface area (Å²) in [4.78, 5) is 12.7. The number of fused-ring (bicyclic) bond motifs is 1. The Morgan fingerprint density at radius 2 is 1.83 bits per heavy atom. The molecule has 1 aromatic heterocycles. The Balaban J connectivity index is 1.26. The largest absolute Gasteiger partial charge is 0.349 e. The Morgan fingerprint density at radius 1 is 1.03 bits per heavy atom. The van der Waals surface area contributed by atoms with Gasteiger partial charge in [-0.2, -0.15) is 0 Å². The predicted molar refractivity (Wildman–Crippen MR) is 119 cm³/mol. The van der Waals surface area contributed by atoms with E-state index in [1.165, 1.54) is 41.3 Å². The molecule has 0 bridgehead atoms. The van der Waals surface area contributed by atoms with Crippen LogP contribution in [-0.4, -0.2) is 26.4 Å². The Bertz CT molecular complexity index is 1030. The van der Waals surface area contributed by atoms with Gasteiger partial charge in [0.05, 0.1) is 18.3 Å². The number of carbonyl (C=O) groups is 1. The van der Waals surface area contributed by atoms with Crippen molar-refractivity contribution in [3.05, 3.63) is 77.1 Å². The SMILES string of the molecule is O=C(CSc1nnc(C2CC2)n1Cc1ccccc1)NC1CCCc2ccccc21. The molecular weight excluding hydrogens is 392 g/mol. The lowest BCUT2D eigenvalue weighted by Gasteiger charge is -2.26. The summed E-state index contributed by atoms with van der Waals surface area (Å²) < 4.78 is 2.20. The molecule has 5 rings (SSSR count). The van der Waals surface area contributed by atoms with Crippen LogP contribution in [0.15, 0.2) is 59.8 Å². The average molecular weight is 419 g/mol. The molecule has 2 aliphatic carbocycles. The zero-order chi connectivity index (χ0) is 20.3. The summed E-state index contributed by atoms with van der Waals surface area (Å²) in [5, 5.41) is 13.0. The van der Waals surface area contributed by atoms with E-state index in [4.69, 9.17) is 0 Å². The highest BCUT2D eigenvalue weighted by atomic mass is 32.2. The third-order valence-corrected chi connectivity index (χ3v) is 6.88. The van der Waals surface area contributed by atoms with Crippen molar-refractivity contribution in [3.8, 4) is 0 Å². The Hall–Kier alpha value is -2.60. The first kappa shape index (κ1) is 19.4. The molecule has 1 unspecified atom stereocenters. The fourth-order valence-electron chi connectivity index (χ4n) is 4.23. The van der Waals surface area contributed by atoms with E-state index < -0.39 is 0 Å². The Labute approximate surface area is 181 Å². The maximum atomic E-state index is 12.7. The van der Waals surface area contributed by atoms with Crippen LogP contribution < -0.4 is 5.32 Å². The summed E-state index contributed by atoms with van der Waals surface area (Å²) in [6.45, 7) is 0.750. The number of aryl methyl sites for hydroxylation is 1. The van der Waals surface area contributed by atoms with Gasteiger partial charge in [0.2, 0.25) is 5.91 Å². The van der Waals surface area contributed by atoms with Crippen molar-refractivity contribution in [1.82, 2.24) is 20.1 Å². The van der Waals surface area contributed by atoms with E-state index in [9.17, 15) is 4.79 Å². The third-order valence-electron chi connectivity index (χ3n) is 5.91. The number of nitrogens with zero attached hydrogens (tertiary/aromatic N) is 3. The van der Waals surface area contributed by atoms with E-state index in [1.807, 2.05) is 6.07 Å². The van der Waals surface area contributed by atoms with Crippen molar-refractivity contribution < 1.29 is 4.79 Å². The third kappa shape index (κ3) is 4.29. The molecule has 0 saturated heterocycles. The van der Waals surface area contributed by atoms with E-state index in [2.05, 4.69) is 68.6 Å². The summed E-state index contributed by atoms with van der Waals surface area (Å²) in [7, 11) is 0. The first-order valence-corrected chi connectivity index (χ1v) is 11.7. The fraction of sp³-hybridized carbons (Fsp3) is 0.375. The molecule has 3 aromatic rings. The van der Waals surface area contributed by atoms with Gasteiger partial charge in [-0.05, 0) is 48.8 Å². The first-order chi connectivity index (χ1) is 14.8. The van der Waals surface area contributed by atoms with Crippen LogP contribution in [0.5, 0.6) is 0 Å². The van der Waals surface area contributed by atoms with Crippen molar-refractivity contribution in [3.63, 3.8) is 0 Å². The van der Waals surface area contributed by atoms with Gasteiger partial charge in [-0.3, -0.25) is 4.79 Å². The molecule has 1 amide bonds. The van der Waals surface area contributed by atoms with E-state index >= 15 is 0 Å². The molecular formula is C24H26N4OS. The second-order valence-corrected chi connectivity index (χ2v) is 9.13. The van der Waals surface area contributed by atoms with Gasteiger partial charge < -0.3 is 9.88 Å². The van der Waals surface area contributed by atoms with Gasteiger partial charge in [0.15, 0.2) is 5.16 Å². The van der Waals surface area contributed by atoms with Gasteiger partial charge in [-0.1, -0.05) is 66.4 Å². The number of thioether (sulfide) groups is 1. The highest BCUT2D eigenvalue weighted by molar-refractivity contribution is 7.99. The minimum Gasteiger partial charge on any atom is -0.349 e. The van der Waals surface area contributed by atoms with Crippen molar-refractivity contribution in [2.24, 2.45) is 0 Å². The molecule has 2 aromatic carbocycles. The summed E-state index contributed by atoms with van der Waals surface area (Å²) in [5.74, 6) is 1.99. The Kier molecular flexibility index (Phi) is 5.58. The maximum absolute atomic E-state index is 12.7. The zero-order valence-electron chi connectivity index (χ0n) is 17.0. The minimum atomic E-state index is 0.0592. The summed E-state index contributed by atoms with van der Waals surface area (Å²) in [6.07, 6.45) is 5.58. The monoisotopic (exact) mass is 418 g/mol. The smallest absolute Gasteiger partial charge is 0.230 e. The zero-order valence-corrected chi connectivity index (χ0v) is 17.8. The molecule has 1 heterocycles. The van der Waals surface area contributed by atoms with Crippen LogP contribution in [0, 0.1) is 0 Å². The quantitative estimate of drug-likeness (QED) is 0.575. The first-order valence-electron chi connectivity index (χ1n) is 10.7. The van der Waals surface area contributed by atoms with Crippen LogP contribution in [-0.2, 0) is 17.8 Å². The topological polar surface area (TPSA) is 59.8 Å². The molecule has 5 nitrogen and oxygen atoms in total. The van der Waals surface area contributed by atoms with Crippen LogP contribution >= 0.6 is 11.8 Å². The van der Waals surface area contributed by atoms with Crippen LogP contribution in [0.4, 0.5) is 0 Å². The molecule has 1 atom stereocenters. The maximum Gasteiger partial charge on any atom is 0.230 e. The molecule has 1 fully saturated rings. The number of aromatic nitrogens is 3. The van der Waals surface area contributed by atoms with Crippen LogP contribution in [0.25, 0.3) is 0 Å². The molecule has 154 valence electrons. The highest BCUT2D eigenvalue weighted by Crippen LogP contribution is 2.40. The van der Waals surface area contributed by atoms with Gasteiger partial charge >= 0.3 is 0 Å². The van der Waals surface area contributed by atoms with Crippen LogP contribution in [0.1, 0.15) is 60.2 Å². The number of rotatable bonds is 7. The van der Waals surface area contributed by atoms with Gasteiger partial charge in [0.25, 0.3) is 0 Å². The van der Waals surface area contributed by atoms with E-state index in [-0.39, 0.29) is 11.9 Å². The molecule has 0 spiro atoms. The van der Waals surface area contributed by atoms with E-state index in [0.717, 1.165) is 36.8 Å². The molecule has 1 saturated carbocycles.